The highest BCUT2D eigenvalue weighted by Crippen LogP contribution is 2.00. The third-order valence-electron chi connectivity index (χ3n) is 1.74. The van der Waals surface area contributed by atoms with Crippen LogP contribution in [0.4, 0.5) is 0 Å². The lowest BCUT2D eigenvalue weighted by Gasteiger charge is -2.18. The van der Waals surface area contributed by atoms with Crippen molar-refractivity contribution >= 4 is 0 Å². The van der Waals surface area contributed by atoms with Crippen LogP contribution >= 0.6 is 0 Å². The quantitative estimate of drug-likeness (QED) is 0.296. The van der Waals surface area contributed by atoms with E-state index in [2.05, 4.69) is 26.4 Å². The molecular weight excluding hydrogens is 160 g/mol. The molecule has 1 heterocycles. The minimum Gasteiger partial charge on any atom is -0.380 e. The molecule has 7 nitrogen and oxygen atoms in total. The average molecular weight is 172 g/mol. The van der Waals surface area contributed by atoms with E-state index in [0.29, 0.717) is 6.54 Å². The summed E-state index contributed by atoms with van der Waals surface area (Å²) in [6.45, 7) is 1.09. The van der Waals surface area contributed by atoms with Gasteiger partial charge in [-0.1, -0.05) is 5.11 Å². The molecule has 1 saturated heterocycles. The summed E-state index contributed by atoms with van der Waals surface area (Å²) < 4.78 is 5.13. The summed E-state index contributed by atoms with van der Waals surface area (Å²) in [5.74, 6) is 0. The van der Waals surface area contributed by atoms with Gasteiger partial charge in [-0.25, -0.2) is 10.9 Å². The number of rotatable bonds is 4. The summed E-state index contributed by atoms with van der Waals surface area (Å²) in [7, 11) is 1.59. The number of hydrogen-bond donors (Lipinski definition) is 3. The van der Waals surface area contributed by atoms with E-state index in [4.69, 9.17) is 10.3 Å². The first-order valence-electron chi connectivity index (χ1n) is 3.65. The summed E-state index contributed by atoms with van der Waals surface area (Å²) in [4.78, 5) is 2.67. The van der Waals surface area contributed by atoms with Crippen LogP contribution in [0.2, 0.25) is 0 Å². The first kappa shape index (κ1) is 9.24. The van der Waals surface area contributed by atoms with Gasteiger partial charge < -0.3 is 4.74 Å². The van der Waals surface area contributed by atoms with E-state index in [-0.39, 0.29) is 12.1 Å². The van der Waals surface area contributed by atoms with Gasteiger partial charge in [0.25, 0.3) is 0 Å². The fourth-order valence-electron chi connectivity index (χ4n) is 1.06. The van der Waals surface area contributed by atoms with Gasteiger partial charge in [-0.2, -0.15) is 5.53 Å². The Morgan fingerprint density at radius 3 is 3.17 bits per heavy atom. The van der Waals surface area contributed by atoms with Crippen molar-refractivity contribution in [2.75, 3.05) is 20.2 Å². The second-order valence-corrected chi connectivity index (χ2v) is 2.44. The van der Waals surface area contributed by atoms with Gasteiger partial charge in [-0.05, 0) is 5.53 Å². The number of nitrogens with zero attached hydrogens (tertiary/aromatic N) is 3. The SMILES string of the molecule is COC(CN=[N+]=[N-])C1CNNN1. The molecule has 1 aliphatic rings. The Bertz CT molecular complexity index is 173. The minimum atomic E-state index is -0.0941. The van der Waals surface area contributed by atoms with Crippen LogP contribution in [0.3, 0.4) is 0 Å². The molecule has 12 heavy (non-hydrogen) atoms. The summed E-state index contributed by atoms with van der Waals surface area (Å²) in [6.07, 6.45) is -0.0941. The molecule has 2 atom stereocenters. The molecule has 2 unspecified atom stereocenters. The topological polar surface area (TPSA) is 94.1 Å². The van der Waals surface area contributed by atoms with Crippen LogP contribution in [0.25, 0.3) is 10.4 Å². The monoisotopic (exact) mass is 172 g/mol. The fraction of sp³-hybridized carbons (Fsp3) is 1.00. The first-order chi connectivity index (χ1) is 5.88. The number of hydrogen-bond acceptors (Lipinski definition) is 5. The van der Waals surface area contributed by atoms with Crippen LogP contribution in [0.15, 0.2) is 5.11 Å². The highest BCUT2D eigenvalue weighted by Gasteiger charge is 2.23. The van der Waals surface area contributed by atoms with E-state index in [9.17, 15) is 0 Å². The number of hydrazine groups is 2. The third kappa shape index (κ3) is 2.33. The molecule has 0 spiro atoms. The van der Waals surface area contributed by atoms with Crippen LogP contribution in [0, 0.1) is 0 Å². The molecule has 0 amide bonds. The van der Waals surface area contributed by atoms with Gasteiger partial charge in [0.1, 0.15) is 0 Å². The molecule has 3 N–H and O–H groups in total. The smallest absolute Gasteiger partial charge is 0.0807 e. The molecule has 0 aromatic heterocycles. The molecule has 0 aromatic rings. The van der Waals surface area contributed by atoms with Crippen LogP contribution < -0.4 is 16.4 Å². The Balaban J connectivity index is 2.37. The van der Waals surface area contributed by atoms with Gasteiger partial charge >= 0.3 is 0 Å². The zero-order chi connectivity index (χ0) is 8.81. The standard InChI is InChI=1S/C5H12N6O/c1-12-5(3-7-10-6)4-2-8-11-9-4/h4-5,8-9,11H,2-3H2,1H3. The lowest BCUT2D eigenvalue weighted by molar-refractivity contribution is 0.0828. The Morgan fingerprint density at radius 2 is 2.67 bits per heavy atom. The molecule has 1 fully saturated rings. The van der Waals surface area contributed by atoms with Crippen molar-refractivity contribution in [3.05, 3.63) is 10.4 Å². The van der Waals surface area contributed by atoms with Crippen molar-refractivity contribution in [2.45, 2.75) is 12.1 Å². The van der Waals surface area contributed by atoms with Gasteiger partial charge in [-0.15, -0.1) is 0 Å². The Hall–Kier alpha value is -0.850. The third-order valence-corrected chi connectivity index (χ3v) is 1.74. The normalized spacial score (nSPS) is 24.9. The van der Waals surface area contributed by atoms with E-state index in [1.54, 1.807) is 7.11 Å². The van der Waals surface area contributed by atoms with Crippen LogP contribution in [0.1, 0.15) is 0 Å². The van der Waals surface area contributed by atoms with Crippen molar-refractivity contribution in [1.82, 2.24) is 16.4 Å². The molecule has 0 saturated carbocycles. The van der Waals surface area contributed by atoms with Crippen LogP contribution in [-0.4, -0.2) is 32.3 Å². The molecule has 0 aromatic carbocycles. The molecule has 68 valence electrons. The maximum absolute atomic E-state index is 8.10. The van der Waals surface area contributed by atoms with Gasteiger partial charge in [0, 0.05) is 18.6 Å². The van der Waals surface area contributed by atoms with Crippen molar-refractivity contribution in [3.63, 3.8) is 0 Å². The Labute approximate surface area is 70.0 Å². The molecular formula is C5H12N6O. The largest absolute Gasteiger partial charge is 0.380 e. The lowest BCUT2D eigenvalue weighted by atomic mass is 10.2. The predicted octanol–water partition coefficient (Wildman–Crippen LogP) is -0.707. The zero-order valence-electron chi connectivity index (χ0n) is 6.82. The first-order valence-corrected chi connectivity index (χ1v) is 3.65. The minimum absolute atomic E-state index is 0.0941. The van der Waals surface area contributed by atoms with Crippen molar-refractivity contribution in [3.8, 4) is 0 Å². The van der Waals surface area contributed by atoms with Gasteiger partial charge in [0.15, 0.2) is 0 Å². The second kappa shape index (κ2) is 4.91. The maximum Gasteiger partial charge on any atom is 0.0807 e. The molecule has 1 rings (SSSR count). The maximum atomic E-state index is 8.10. The number of nitrogens with one attached hydrogen (secondary N) is 3. The van der Waals surface area contributed by atoms with Crippen molar-refractivity contribution in [1.29, 1.82) is 0 Å². The summed E-state index contributed by atoms with van der Waals surface area (Å²) in [5, 5.41) is 3.45. The van der Waals surface area contributed by atoms with E-state index in [1.807, 2.05) is 0 Å². The molecule has 0 radical (unpaired) electrons. The lowest BCUT2D eigenvalue weighted by Crippen LogP contribution is -2.42. The Kier molecular flexibility index (Phi) is 3.78. The summed E-state index contributed by atoms with van der Waals surface area (Å²) >= 11 is 0. The number of azide groups is 1. The average Bonchev–Trinajstić information content (AvgIpc) is 2.59. The zero-order valence-corrected chi connectivity index (χ0v) is 6.82. The van der Waals surface area contributed by atoms with Crippen LogP contribution in [-0.2, 0) is 4.74 Å². The predicted molar refractivity (Wildman–Crippen MR) is 42.9 cm³/mol. The van der Waals surface area contributed by atoms with Gasteiger partial charge in [0.05, 0.1) is 18.7 Å². The van der Waals surface area contributed by atoms with Gasteiger partial charge in [-0.3, -0.25) is 0 Å². The molecule has 1 aliphatic heterocycles. The second-order valence-electron chi connectivity index (χ2n) is 2.44. The van der Waals surface area contributed by atoms with E-state index in [1.165, 1.54) is 0 Å². The Morgan fingerprint density at radius 1 is 1.83 bits per heavy atom. The van der Waals surface area contributed by atoms with E-state index >= 15 is 0 Å². The molecule has 0 aliphatic carbocycles. The summed E-state index contributed by atoms with van der Waals surface area (Å²) in [5.41, 5.74) is 16.7. The van der Waals surface area contributed by atoms with Crippen molar-refractivity contribution in [2.24, 2.45) is 5.11 Å². The van der Waals surface area contributed by atoms with Crippen LogP contribution in [0.5, 0.6) is 0 Å². The number of ether oxygens (including phenoxy) is 1. The fourth-order valence-corrected chi connectivity index (χ4v) is 1.06. The molecule has 0 bridgehead atoms. The van der Waals surface area contributed by atoms with Gasteiger partial charge in [0.2, 0.25) is 0 Å². The molecule has 7 heteroatoms. The van der Waals surface area contributed by atoms with Crippen molar-refractivity contribution < 1.29 is 4.74 Å². The number of methoxy groups -OCH3 is 1. The highest BCUT2D eigenvalue weighted by molar-refractivity contribution is 4.81. The van der Waals surface area contributed by atoms with E-state index in [0.717, 1.165) is 6.54 Å². The van der Waals surface area contributed by atoms with E-state index < -0.39 is 0 Å². The highest BCUT2D eigenvalue weighted by atomic mass is 16.5. The summed E-state index contributed by atoms with van der Waals surface area (Å²) in [6, 6.07) is 0.139.